The minimum atomic E-state index is -1.95. The lowest BCUT2D eigenvalue weighted by Gasteiger charge is -2.44. The van der Waals surface area contributed by atoms with Crippen molar-refractivity contribution in [2.75, 3.05) is 50.1 Å². The smallest absolute Gasteiger partial charge is 0.200 e. The zero-order chi connectivity index (χ0) is 28.0. The molecule has 2 aliphatic heterocycles. The molecule has 2 aliphatic rings. The molecule has 0 amide bonds. The molecule has 8 heteroatoms. The first-order valence-corrected chi connectivity index (χ1v) is 16.9. The zero-order valence-corrected chi connectivity index (χ0v) is 26.1. The summed E-state index contributed by atoms with van der Waals surface area (Å²) in [5.41, 5.74) is 4.22. The molecule has 2 bridgehead atoms. The van der Waals surface area contributed by atoms with Crippen molar-refractivity contribution in [1.82, 2.24) is 14.9 Å². The monoisotopic (exact) mass is 551 g/mol. The number of ether oxygens (including phenoxy) is 1. The van der Waals surface area contributed by atoms with Gasteiger partial charge in [-0.2, -0.15) is 0 Å². The van der Waals surface area contributed by atoms with Crippen LogP contribution >= 0.6 is 0 Å². The average molecular weight is 552 g/mol. The first kappa shape index (κ1) is 29.6. The van der Waals surface area contributed by atoms with Crippen molar-refractivity contribution in [2.45, 2.75) is 83.6 Å². The minimum absolute atomic E-state index is 0.270. The van der Waals surface area contributed by atoms with Crippen LogP contribution in [0, 0.1) is 0 Å². The van der Waals surface area contributed by atoms with Crippen LogP contribution in [0.5, 0.6) is 5.75 Å². The van der Waals surface area contributed by atoms with Crippen LogP contribution in [-0.2, 0) is 17.4 Å². The average Bonchev–Trinajstić information content (AvgIpc) is 3.09. The molecule has 0 radical (unpaired) electrons. The van der Waals surface area contributed by atoms with Gasteiger partial charge < -0.3 is 19.4 Å². The molecule has 2 aromatic rings. The Balaban J connectivity index is 1.56. The lowest BCUT2D eigenvalue weighted by Crippen LogP contribution is -2.51. The molecular formula is C31H49N5O2Si. The molecular weight excluding hydrogens is 502 g/mol. The maximum Gasteiger partial charge on any atom is 0.200 e. The normalized spacial score (nSPS) is 20.6. The van der Waals surface area contributed by atoms with Gasteiger partial charge >= 0.3 is 0 Å². The molecule has 1 aromatic heterocycles. The largest absolute Gasteiger partial charge is 0.497 e. The summed E-state index contributed by atoms with van der Waals surface area (Å²) in [5.74, 6) is 2.91. The highest BCUT2D eigenvalue weighted by Gasteiger charge is 2.45. The second-order valence-electron chi connectivity index (χ2n) is 12.0. The van der Waals surface area contributed by atoms with E-state index >= 15 is 0 Å². The van der Waals surface area contributed by atoms with Crippen LogP contribution < -0.4 is 15.0 Å². The second-order valence-corrected chi connectivity index (χ2v) is 17.4. The number of benzene rings is 1. The third kappa shape index (κ3) is 6.66. The van der Waals surface area contributed by atoms with Crippen molar-refractivity contribution in [3.8, 4) is 5.75 Å². The Bertz CT molecular complexity index is 1070. The summed E-state index contributed by atoms with van der Waals surface area (Å²) in [6.45, 7) is 19.3. The van der Waals surface area contributed by atoms with Crippen LogP contribution in [-0.4, -0.2) is 69.1 Å². The van der Waals surface area contributed by atoms with Gasteiger partial charge in [0.25, 0.3) is 0 Å². The number of hydrogen-bond acceptors (Lipinski definition) is 7. The van der Waals surface area contributed by atoms with Crippen molar-refractivity contribution < 1.29 is 9.16 Å². The fraction of sp³-hybridized carbons (Fsp3) is 0.613. The van der Waals surface area contributed by atoms with E-state index in [1.165, 1.54) is 11.1 Å². The molecule has 2 atom stereocenters. The summed E-state index contributed by atoms with van der Waals surface area (Å²) in [4.78, 5) is 14.5. The Morgan fingerprint density at radius 3 is 2.38 bits per heavy atom. The molecule has 1 aromatic carbocycles. The van der Waals surface area contributed by atoms with E-state index in [1.54, 1.807) is 13.4 Å². The van der Waals surface area contributed by atoms with Gasteiger partial charge in [0.2, 0.25) is 0 Å². The van der Waals surface area contributed by atoms with Gasteiger partial charge in [0.05, 0.1) is 19.3 Å². The van der Waals surface area contributed by atoms with Crippen LogP contribution in [0.25, 0.3) is 0 Å². The van der Waals surface area contributed by atoms with Crippen LogP contribution in [0.3, 0.4) is 0 Å². The molecule has 0 saturated heterocycles. The first-order valence-electron chi connectivity index (χ1n) is 14.7. The highest BCUT2D eigenvalue weighted by atomic mass is 28.4. The molecule has 214 valence electrons. The standard InChI is InChI=1S/C31H49N5O2Si/c1-23(2)39(24(3)4,25(5)6)38-21-27-19-32-30-29-20-36(27)17-10-8-9-16-35(31(29)34-22-33-30)18-15-26-11-13-28(37-7)14-12-26/h8,10-14,22-25,27H,9,15-21H2,1-7H3,(H,32,33,34)/b10-8-/t27-/m0/s1. The quantitative estimate of drug-likeness (QED) is 0.275. The molecule has 0 saturated carbocycles. The van der Waals surface area contributed by atoms with E-state index in [0.717, 1.165) is 69.6 Å². The van der Waals surface area contributed by atoms with Gasteiger partial charge in [-0.3, -0.25) is 4.90 Å². The molecule has 0 fully saturated rings. The van der Waals surface area contributed by atoms with Gasteiger partial charge in [-0.25, -0.2) is 9.97 Å². The highest BCUT2D eigenvalue weighted by molar-refractivity contribution is 6.77. The van der Waals surface area contributed by atoms with Gasteiger partial charge in [0, 0.05) is 38.8 Å². The van der Waals surface area contributed by atoms with E-state index in [2.05, 4.69) is 80.9 Å². The summed E-state index contributed by atoms with van der Waals surface area (Å²) in [5, 5.41) is 3.69. The molecule has 1 unspecified atom stereocenters. The maximum atomic E-state index is 7.09. The summed E-state index contributed by atoms with van der Waals surface area (Å²) in [7, 11) is -0.243. The molecule has 39 heavy (non-hydrogen) atoms. The van der Waals surface area contributed by atoms with E-state index in [-0.39, 0.29) is 6.04 Å². The predicted octanol–water partition coefficient (Wildman–Crippen LogP) is 6.28. The molecule has 0 spiro atoms. The fourth-order valence-electron chi connectivity index (χ4n) is 6.71. The SMILES string of the molecule is COc1ccc(CCN2CC/C=C\CN3Cc4c(ncnc42)NC[C@H]3CO[Si](C(C)C)(C(C)C)C(C)C)cc1. The summed E-state index contributed by atoms with van der Waals surface area (Å²) in [6.07, 6.45) is 8.34. The zero-order valence-electron chi connectivity index (χ0n) is 25.1. The van der Waals surface area contributed by atoms with E-state index in [1.807, 2.05) is 12.1 Å². The highest BCUT2D eigenvalue weighted by Crippen LogP contribution is 2.42. The van der Waals surface area contributed by atoms with E-state index in [9.17, 15) is 0 Å². The van der Waals surface area contributed by atoms with Gasteiger partial charge in [-0.05, 0) is 47.2 Å². The Morgan fingerprint density at radius 1 is 1.00 bits per heavy atom. The summed E-state index contributed by atoms with van der Waals surface area (Å²) in [6, 6.07) is 8.66. The van der Waals surface area contributed by atoms with Crippen molar-refractivity contribution in [3.63, 3.8) is 0 Å². The number of anilines is 2. The Labute approximate surface area is 237 Å². The topological polar surface area (TPSA) is 62.8 Å². The van der Waals surface area contributed by atoms with Crippen LogP contribution in [0.4, 0.5) is 11.6 Å². The number of fused-ring (bicyclic) bond motifs is 1. The number of nitrogens with one attached hydrogen (secondary N) is 1. The number of aromatic nitrogens is 2. The van der Waals surface area contributed by atoms with Gasteiger partial charge in [-0.1, -0.05) is 65.8 Å². The van der Waals surface area contributed by atoms with Crippen LogP contribution in [0.15, 0.2) is 42.7 Å². The molecule has 3 heterocycles. The molecule has 4 rings (SSSR count). The molecule has 7 nitrogen and oxygen atoms in total. The number of methoxy groups -OCH3 is 1. The number of nitrogens with zero attached hydrogens (tertiary/aromatic N) is 4. The fourth-order valence-corrected chi connectivity index (χ4v) is 12.2. The van der Waals surface area contributed by atoms with E-state index in [0.29, 0.717) is 16.6 Å². The lowest BCUT2D eigenvalue weighted by molar-refractivity contribution is 0.139. The Morgan fingerprint density at radius 2 is 1.72 bits per heavy atom. The van der Waals surface area contributed by atoms with Gasteiger partial charge in [-0.15, -0.1) is 0 Å². The van der Waals surface area contributed by atoms with Crippen molar-refractivity contribution >= 4 is 20.0 Å². The van der Waals surface area contributed by atoms with Crippen molar-refractivity contribution in [2.24, 2.45) is 0 Å². The Hall–Kier alpha value is -2.42. The summed E-state index contributed by atoms with van der Waals surface area (Å²) >= 11 is 0. The van der Waals surface area contributed by atoms with Gasteiger partial charge in [0.1, 0.15) is 23.7 Å². The van der Waals surface area contributed by atoms with Crippen molar-refractivity contribution in [1.29, 1.82) is 0 Å². The number of rotatable bonds is 10. The lowest BCUT2D eigenvalue weighted by atomic mass is 10.1. The molecule has 1 N–H and O–H groups in total. The third-order valence-electron chi connectivity index (χ3n) is 8.74. The van der Waals surface area contributed by atoms with Crippen LogP contribution in [0.2, 0.25) is 16.6 Å². The van der Waals surface area contributed by atoms with Gasteiger partial charge in [0.15, 0.2) is 8.32 Å². The maximum absolute atomic E-state index is 7.09. The van der Waals surface area contributed by atoms with Crippen LogP contribution in [0.1, 0.15) is 59.1 Å². The minimum Gasteiger partial charge on any atom is -0.497 e. The second kappa shape index (κ2) is 13.3. The summed E-state index contributed by atoms with van der Waals surface area (Å²) < 4.78 is 12.4. The first-order chi connectivity index (χ1) is 18.8. The molecule has 0 aliphatic carbocycles. The number of hydrogen-bond donors (Lipinski definition) is 1. The van der Waals surface area contributed by atoms with E-state index < -0.39 is 8.32 Å². The Kier molecular flexibility index (Phi) is 10.1. The van der Waals surface area contributed by atoms with E-state index in [4.69, 9.17) is 19.1 Å². The third-order valence-corrected chi connectivity index (χ3v) is 14.8. The van der Waals surface area contributed by atoms with Crippen molar-refractivity contribution in [3.05, 3.63) is 53.9 Å². The predicted molar refractivity (Wildman–Crippen MR) is 164 cm³/mol.